The Morgan fingerprint density at radius 3 is 2.61 bits per heavy atom. The Hall–Kier alpha value is -0.780. The molecule has 1 rings (SSSR count). The largest absolute Gasteiger partial charge is 0.507 e. The molecule has 0 aliphatic heterocycles. The number of rotatable bonds is 5. The van der Waals surface area contributed by atoms with E-state index in [9.17, 15) is 9.90 Å². The Labute approximate surface area is 122 Å². The van der Waals surface area contributed by atoms with Gasteiger partial charge in [-0.1, -0.05) is 20.3 Å². The van der Waals surface area contributed by atoms with Crippen LogP contribution in [0.15, 0.2) is 18.2 Å². The van der Waals surface area contributed by atoms with E-state index in [0.717, 1.165) is 16.5 Å². The normalized spacial score (nSPS) is 12.2. The summed E-state index contributed by atoms with van der Waals surface area (Å²) in [6.45, 7) is 7.70. The number of carbonyl (C=O) groups excluding carboxylic acids is 1. The number of benzene rings is 1. The molecular formula is C14H20INO2. The van der Waals surface area contributed by atoms with Gasteiger partial charge in [-0.25, -0.2) is 0 Å². The number of hydrogen-bond acceptors (Lipinski definition) is 2. The van der Waals surface area contributed by atoms with Crippen LogP contribution in [0.25, 0.3) is 0 Å². The third-order valence-electron chi connectivity index (χ3n) is 3.09. The first-order valence-corrected chi connectivity index (χ1v) is 7.35. The van der Waals surface area contributed by atoms with Crippen LogP contribution in [0.1, 0.15) is 37.6 Å². The molecule has 0 radical (unpaired) electrons. The number of amides is 1. The summed E-state index contributed by atoms with van der Waals surface area (Å²) in [6, 6.07) is 5.08. The predicted molar refractivity (Wildman–Crippen MR) is 81.9 cm³/mol. The van der Waals surface area contributed by atoms with Crippen LogP contribution in [0.5, 0.6) is 5.75 Å². The van der Waals surface area contributed by atoms with Crippen molar-refractivity contribution in [3.63, 3.8) is 0 Å². The van der Waals surface area contributed by atoms with Crippen LogP contribution in [-0.4, -0.2) is 29.0 Å². The summed E-state index contributed by atoms with van der Waals surface area (Å²) >= 11 is 2.04. The van der Waals surface area contributed by atoms with Gasteiger partial charge < -0.3 is 10.0 Å². The number of hydrogen-bond donors (Lipinski definition) is 1. The van der Waals surface area contributed by atoms with Crippen LogP contribution in [0.3, 0.4) is 0 Å². The lowest BCUT2D eigenvalue weighted by Crippen LogP contribution is -2.34. The van der Waals surface area contributed by atoms with E-state index in [4.69, 9.17) is 0 Å². The molecule has 1 unspecified atom stereocenters. The Balaban J connectivity index is 2.86. The molecule has 1 amide bonds. The van der Waals surface area contributed by atoms with Gasteiger partial charge in [-0.3, -0.25) is 4.79 Å². The SMILES string of the molecule is CCC(C)CN(CC)C(=O)c1ccc(I)c(O)c1. The third kappa shape index (κ3) is 3.86. The fraction of sp³-hybridized carbons (Fsp3) is 0.500. The molecule has 0 aromatic heterocycles. The van der Waals surface area contributed by atoms with Gasteiger partial charge in [-0.05, 0) is 53.6 Å². The summed E-state index contributed by atoms with van der Waals surface area (Å²) in [6.07, 6.45) is 1.06. The standard InChI is InChI=1S/C14H20INO2/c1-4-10(3)9-16(5-2)14(18)11-6-7-12(15)13(17)8-11/h6-8,10,17H,4-5,9H2,1-3H3. The summed E-state index contributed by atoms with van der Waals surface area (Å²) in [4.78, 5) is 14.1. The minimum atomic E-state index is -0.00972. The third-order valence-corrected chi connectivity index (χ3v) is 4.00. The van der Waals surface area contributed by atoms with Crippen molar-refractivity contribution in [1.29, 1.82) is 0 Å². The number of nitrogens with zero attached hydrogens (tertiary/aromatic N) is 1. The molecule has 1 aromatic rings. The Morgan fingerprint density at radius 2 is 2.11 bits per heavy atom. The highest BCUT2D eigenvalue weighted by molar-refractivity contribution is 14.1. The van der Waals surface area contributed by atoms with Crippen LogP contribution in [0.4, 0.5) is 0 Å². The number of halogens is 1. The van der Waals surface area contributed by atoms with Crippen molar-refractivity contribution in [2.24, 2.45) is 5.92 Å². The zero-order chi connectivity index (χ0) is 13.7. The first-order valence-electron chi connectivity index (χ1n) is 6.27. The highest BCUT2D eigenvalue weighted by Gasteiger charge is 2.17. The van der Waals surface area contributed by atoms with Gasteiger partial charge in [0, 0.05) is 18.7 Å². The topological polar surface area (TPSA) is 40.5 Å². The zero-order valence-electron chi connectivity index (χ0n) is 11.1. The maximum atomic E-state index is 12.3. The van der Waals surface area contributed by atoms with Gasteiger partial charge in [0.25, 0.3) is 5.91 Å². The number of carbonyl (C=O) groups is 1. The van der Waals surface area contributed by atoms with E-state index in [0.29, 0.717) is 18.0 Å². The van der Waals surface area contributed by atoms with Gasteiger partial charge in [0.15, 0.2) is 0 Å². The van der Waals surface area contributed by atoms with E-state index < -0.39 is 0 Å². The average molecular weight is 361 g/mol. The smallest absolute Gasteiger partial charge is 0.253 e. The van der Waals surface area contributed by atoms with Gasteiger partial charge in [-0.15, -0.1) is 0 Å². The van der Waals surface area contributed by atoms with Crippen molar-refractivity contribution in [2.45, 2.75) is 27.2 Å². The summed E-state index contributed by atoms with van der Waals surface area (Å²) < 4.78 is 0.758. The predicted octanol–water partition coefficient (Wildman–Crippen LogP) is 3.51. The quantitative estimate of drug-likeness (QED) is 0.816. The molecule has 4 heteroatoms. The van der Waals surface area contributed by atoms with E-state index in [1.807, 2.05) is 34.4 Å². The molecule has 0 bridgehead atoms. The minimum Gasteiger partial charge on any atom is -0.507 e. The summed E-state index contributed by atoms with van der Waals surface area (Å²) in [5.41, 5.74) is 0.554. The second kappa shape index (κ2) is 6.97. The van der Waals surface area contributed by atoms with Crippen molar-refractivity contribution in [2.75, 3.05) is 13.1 Å². The molecule has 0 saturated heterocycles. The molecule has 0 fully saturated rings. The molecule has 1 aromatic carbocycles. The highest BCUT2D eigenvalue weighted by Crippen LogP contribution is 2.21. The fourth-order valence-electron chi connectivity index (χ4n) is 1.69. The molecule has 1 atom stereocenters. The first-order chi connectivity index (χ1) is 8.49. The second-order valence-electron chi connectivity index (χ2n) is 4.52. The molecule has 100 valence electrons. The number of aromatic hydroxyl groups is 1. The molecule has 0 heterocycles. The van der Waals surface area contributed by atoms with Crippen LogP contribution in [-0.2, 0) is 0 Å². The fourth-order valence-corrected chi connectivity index (χ4v) is 2.02. The zero-order valence-corrected chi connectivity index (χ0v) is 13.3. The van der Waals surface area contributed by atoms with Crippen LogP contribution in [0.2, 0.25) is 0 Å². The Morgan fingerprint density at radius 1 is 1.44 bits per heavy atom. The maximum Gasteiger partial charge on any atom is 0.253 e. The van der Waals surface area contributed by atoms with E-state index in [1.165, 1.54) is 0 Å². The van der Waals surface area contributed by atoms with Crippen LogP contribution < -0.4 is 0 Å². The Kier molecular flexibility index (Phi) is 5.91. The second-order valence-corrected chi connectivity index (χ2v) is 5.69. The van der Waals surface area contributed by atoms with E-state index in [2.05, 4.69) is 13.8 Å². The van der Waals surface area contributed by atoms with Crippen LogP contribution >= 0.6 is 22.6 Å². The van der Waals surface area contributed by atoms with Crippen molar-refractivity contribution in [3.8, 4) is 5.75 Å². The molecule has 1 N–H and O–H groups in total. The first kappa shape index (κ1) is 15.3. The molecule has 18 heavy (non-hydrogen) atoms. The average Bonchev–Trinajstić information content (AvgIpc) is 2.38. The van der Waals surface area contributed by atoms with Crippen molar-refractivity contribution in [1.82, 2.24) is 4.90 Å². The van der Waals surface area contributed by atoms with E-state index in [1.54, 1.807) is 18.2 Å². The lowest BCUT2D eigenvalue weighted by atomic mass is 10.1. The van der Waals surface area contributed by atoms with Crippen LogP contribution in [0, 0.1) is 9.49 Å². The minimum absolute atomic E-state index is 0.00972. The molecule has 0 aliphatic carbocycles. The van der Waals surface area contributed by atoms with Gasteiger partial charge in [0.05, 0.1) is 3.57 Å². The molecule has 0 saturated carbocycles. The maximum absolute atomic E-state index is 12.3. The summed E-state index contributed by atoms with van der Waals surface area (Å²) in [5, 5.41) is 9.65. The van der Waals surface area contributed by atoms with Gasteiger partial charge >= 0.3 is 0 Å². The lowest BCUT2D eigenvalue weighted by molar-refractivity contribution is 0.0740. The van der Waals surface area contributed by atoms with E-state index >= 15 is 0 Å². The number of phenolic OH excluding ortho intramolecular Hbond substituents is 1. The molecule has 3 nitrogen and oxygen atoms in total. The molecular weight excluding hydrogens is 341 g/mol. The van der Waals surface area contributed by atoms with Gasteiger partial charge in [0.2, 0.25) is 0 Å². The molecule has 0 aliphatic rings. The van der Waals surface area contributed by atoms with Gasteiger partial charge in [-0.2, -0.15) is 0 Å². The number of phenols is 1. The van der Waals surface area contributed by atoms with Crippen molar-refractivity contribution < 1.29 is 9.90 Å². The van der Waals surface area contributed by atoms with Crippen molar-refractivity contribution in [3.05, 3.63) is 27.3 Å². The molecule has 0 spiro atoms. The highest BCUT2D eigenvalue weighted by atomic mass is 127. The van der Waals surface area contributed by atoms with E-state index in [-0.39, 0.29) is 11.7 Å². The van der Waals surface area contributed by atoms with Gasteiger partial charge in [0.1, 0.15) is 5.75 Å². The lowest BCUT2D eigenvalue weighted by Gasteiger charge is -2.24. The Bertz CT molecular complexity index is 420. The monoisotopic (exact) mass is 361 g/mol. The summed E-state index contributed by atoms with van der Waals surface area (Å²) in [5.74, 6) is 0.650. The van der Waals surface area contributed by atoms with Crippen molar-refractivity contribution >= 4 is 28.5 Å². The summed E-state index contributed by atoms with van der Waals surface area (Å²) in [7, 11) is 0.